The van der Waals surface area contributed by atoms with Crippen molar-refractivity contribution in [1.82, 2.24) is 9.97 Å². The molecule has 1 aromatic heterocycles. The van der Waals surface area contributed by atoms with Crippen molar-refractivity contribution >= 4 is 23.7 Å². The van der Waals surface area contributed by atoms with Gasteiger partial charge in [-0.1, -0.05) is 18.2 Å². The van der Waals surface area contributed by atoms with Crippen molar-refractivity contribution in [2.75, 3.05) is 23.9 Å². The van der Waals surface area contributed by atoms with Crippen LogP contribution < -0.4 is 16.8 Å². The van der Waals surface area contributed by atoms with Crippen LogP contribution in [-0.4, -0.2) is 23.2 Å². The number of rotatable bonds is 2. The number of nitrogens with one attached hydrogen (secondary N) is 1. The van der Waals surface area contributed by atoms with Gasteiger partial charge in [-0.2, -0.15) is 9.97 Å². The molecule has 0 fully saturated rings. The van der Waals surface area contributed by atoms with Gasteiger partial charge in [0.2, 0.25) is 5.95 Å². The molecule has 1 aliphatic heterocycles. The minimum Gasteiger partial charge on any atom is -0.437 e. The Hall–Kier alpha value is -3.36. The van der Waals surface area contributed by atoms with Crippen LogP contribution >= 0.6 is 0 Å². The van der Waals surface area contributed by atoms with Gasteiger partial charge in [-0.15, -0.1) is 0 Å². The van der Waals surface area contributed by atoms with Crippen molar-refractivity contribution in [3.63, 3.8) is 0 Å². The van der Waals surface area contributed by atoms with Gasteiger partial charge in [0.05, 0.1) is 24.3 Å². The second-order valence-electron chi connectivity index (χ2n) is 5.35. The fourth-order valence-electron chi connectivity index (χ4n) is 2.74. The lowest BCUT2D eigenvalue weighted by Crippen LogP contribution is -2.25. The fraction of sp³-hybridized carbons (Fsp3) is 0.188. The molecular weight excluding hydrogens is 329 g/mol. The van der Waals surface area contributed by atoms with Gasteiger partial charge in [-0.05, 0) is 13.0 Å². The Labute approximate surface area is 142 Å². The summed E-state index contributed by atoms with van der Waals surface area (Å²) in [5, 5.41) is 2.95. The first-order valence-corrected chi connectivity index (χ1v) is 7.33. The van der Waals surface area contributed by atoms with E-state index >= 15 is 0 Å². The molecule has 1 aromatic carbocycles. The molecule has 8 nitrogen and oxygen atoms in total. The number of hydrogen-bond acceptors (Lipinski definition) is 8. The van der Waals surface area contributed by atoms with Gasteiger partial charge in [0, 0.05) is 5.56 Å². The van der Waals surface area contributed by atoms with E-state index in [1.807, 2.05) is 0 Å². The Morgan fingerprint density at radius 3 is 2.68 bits per heavy atom. The molecule has 0 spiro atoms. The number of ether oxygens (including phenoxy) is 2. The summed E-state index contributed by atoms with van der Waals surface area (Å²) in [4.78, 5) is 19.7. The second-order valence-corrected chi connectivity index (χ2v) is 5.35. The molecule has 0 aliphatic carbocycles. The van der Waals surface area contributed by atoms with E-state index < -0.39 is 17.9 Å². The van der Waals surface area contributed by atoms with Crippen LogP contribution in [0.15, 0.2) is 35.7 Å². The Balaban J connectivity index is 2.25. The van der Waals surface area contributed by atoms with E-state index in [0.717, 1.165) is 0 Å². The van der Waals surface area contributed by atoms with Gasteiger partial charge in [-0.25, -0.2) is 9.18 Å². The van der Waals surface area contributed by atoms with Crippen LogP contribution in [0.3, 0.4) is 0 Å². The number of nitrogens with zero attached hydrogens (tertiary/aromatic N) is 2. The second kappa shape index (κ2) is 6.27. The number of carbonyl (C=O) groups is 1. The van der Waals surface area contributed by atoms with E-state index in [9.17, 15) is 9.18 Å². The van der Waals surface area contributed by atoms with Gasteiger partial charge in [0.25, 0.3) is 0 Å². The van der Waals surface area contributed by atoms with Gasteiger partial charge in [0.15, 0.2) is 0 Å². The summed E-state index contributed by atoms with van der Waals surface area (Å²) < 4.78 is 24.3. The summed E-state index contributed by atoms with van der Waals surface area (Å²) in [7, 11) is 1.18. The number of nitrogens with two attached hydrogens (primary N) is 2. The third kappa shape index (κ3) is 2.91. The lowest BCUT2D eigenvalue weighted by molar-refractivity contribution is 0.0928. The van der Waals surface area contributed by atoms with E-state index in [-0.39, 0.29) is 23.1 Å². The van der Waals surface area contributed by atoms with Crippen LogP contribution in [0.1, 0.15) is 24.0 Å². The lowest BCUT2D eigenvalue weighted by Gasteiger charge is -2.30. The van der Waals surface area contributed by atoms with Crippen molar-refractivity contribution in [2.45, 2.75) is 12.8 Å². The Kier molecular flexibility index (Phi) is 4.14. The van der Waals surface area contributed by atoms with E-state index in [0.29, 0.717) is 17.1 Å². The van der Waals surface area contributed by atoms with Crippen LogP contribution in [0.2, 0.25) is 0 Å². The normalized spacial score (nSPS) is 16.0. The van der Waals surface area contributed by atoms with E-state index in [1.165, 1.54) is 13.2 Å². The average molecular weight is 345 g/mol. The molecule has 0 saturated carbocycles. The monoisotopic (exact) mass is 345 g/mol. The molecule has 0 bridgehead atoms. The number of allylic oxidation sites excluding steroid dienone is 2. The number of carbonyl (C=O) groups excluding carboxylic acids is 1. The Morgan fingerprint density at radius 1 is 1.28 bits per heavy atom. The van der Waals surface area contributed by atoms with E-state index in [4.69, 9.17) is 16.2 Å². The average Bonchev–Trinajstić information content (AvgIpc) is 2.56. The molecule has 2 aromatic rings. The smallest absolute Gasteiger partial charge is 0.437 e. The van der Waals surface area contributed by atoms with Crippen molar-refractivity contribution < 1.29 is 18.7 Å². The van der Waals surface area contributed by atoms with Crippen molar-refractivity contribution in [1.29, 1.82) is 0 Å². The highest BCUT2D eigenvalue weighted by molar-refractivity contribution is 5.71. The largest absolute Gasteiger partial charge is 0.513 e. The number of benzene rings is 1. The molecule has 0 saturated heterocycles. The molecule has 2 heterocycles. The standard InChI is InChI=1S/C16H16FN5O3/c1-7-12(25-16(23)24-2)10(8-5-3-4-6-9(8)17)11-13(18)21-15(19)22-14(11)20-7/h3-6,10H,1-2H3,(H5,18,19,20,21,22). The van der Waals surface area contributed by atoms with Crippen LogP contribution in [0.25, 0.3) is 0 Å². The number of nitrogen functional groups attached to an aromatic ring is 2. The number of aromatic nitrogens is 2. The van der Waals surface area contributed by atoms with Crippen molar-refractivity contribution in [3.05, 3.63) is 52.7 Å². The first-order valence-electron chi connectivity index (χ1n) is 7.33. The lowest BCUT2D eigenvalue weighted by atomic mass is 9.86. The zero-order chi connectivity index (χ0) is 18.1. The van der Waals surface area contributed by atoms with Crippen molar-refractivity contribution in [2.24, 2.45) is 0 Å². The first kappa shape index (κ1) is 16.5. The molecule has 1 unspecified atom stereocenters. The molecule has 130 valence electrons. The fourth-order valence-corrected chi connectivity index (χ4v) is 2.74. The zero-order valence-corrected chi connectivity index (χ0v) is 13.5. The molecule has 1 aliphatic rings. The Bertz CT molecular complexity index is 884. The SMILES string of the molecule is COC(=O)OC1=C(C)Nc2nc(N)nc(N)c2C1c1ccccc1F. The topological polar surface area (TPSA) is 125 Å². The molecule has 5 N–H and O–H groups in total. The Morgan fingerprint density at radius 2 is 2.00 bits per heavy atom. The molecule has 9 heteroatoms. The molecule has 0 amide bonds. The maximum atomic E-state index is 14.5. The van der Waals surface area contributed by atoms with Gasteiger partial charge < -0.3 is 26.3 Å². The van der Waals surface area contributed by atoms with Gasteiger partial charge >= 0.3 is 6.16 Å². The number of methoxy groups -OCH3 is 1. The summed E-state index contributed by atoms with van der Waals surface area (Å²) in [6.45, 7) is 1.66. The third-order valence-corrected chi connectivity index (χ3v) is 3.79. The van der Waals surface area contributed by atoms with E-state index in [1.54, 1.807) is 25.1 Å². The number of anilines is 3. The summed E-state index contributed by atoms with van der Waals surface area (Å²) in [5.41, 5.74) is 12.7. The van der Waals surface area contributed by atoms with Gasteiger partial charge in [-0.3, -0.25) is 0 Å². The highest BCUT2D eigenvalue weighted by Gasteiger charge is 2.36. The predicted molar refractivity (Wildman–Crippen MR) is 88.9 cm³/mol. The van der Waals surface area contributed by atoms with Crippen molar-refractivity contribution in [3.8, 4) is 0 Å². The maximum absolute atomic E-state index is 14.5. The molecule has 25 heavy (non-hydrogen) atoms. The zero-order valence-electron chi connectivity index (χ0n) is 13.5. The molecular formula is C16H16FN5O3. The van der Waals surface area contributed by atoms with Crippen LogP contribution in [0.4, 0.5) is 26.8 Å². The van der Waals surface area contributed by atoms with Crippen LogP contribution in [-0.2, 0) is 9.47 Å². The quantitative estimate of drug-likeness (QED) is 0.708. The maximum Gasteiger partial charge on any atom is 0.513 e. The number of fused-ring (bicyclic) bond motifs is 1. The predicted octanol–water partition coefficient (Wildman–Crippen LogP) is 2.35. The highest BCUT2D eigenvalue weighted by atomic mass is 19.1. The molecule has 1 atom stereocenters. The number of hydrogen-bond donors (Lipinski definition) is 3. The van der Waals surface area contributed by atoms with Crippen LogP contribution in [0.5, 0.6) is 0 Å². The highest BCUT2D eigenvalue weighted by Crippen LogP contribution is 2.44. The summed E-state index contributed by atoms with van der Waals surface area (Å²) >= 11 is 0. The molecule has 3 rings (SSSR count). The summed E-state index contributed by atoms with van der Waals surface area (Å²) in [6.07, 6.45) is -0.934. The van der Waals surface area contributed by atoms with E-state index in [2.05, 4.69) is 20.0 Å². The van der Waals surface area contributed by atoms with Crippen LogP contribution in [0, 0.1) is 5.82 Å². The summed E-state index contributed by atoms with van der Waals surface area (Å²) in [5.74, 6) is -0.826. The molecule has 0 radical (unpaired) electrons. The minimum absolute atomic E-state index is 0.0267. The first-order chi connectivity index (χ1) is 11.9. The third-order valence-electron chi connectivity index (χ3n) is 3.79. The van der Waals surface area contributed by atoms with Gasteiger partial charge in [0.1, 0.15) is 23.2 Å². The number of halogens is 1. The summed E-state index contributed by atoms with van der Waals surface area (Å²) in [6, 6.07) is 6.09. The minimum atomic E-state index is -0.934.